The van der Waals surface area contributed by atoms with Crippen molar-refractivity contribution in [2.45, 2.75) is 31.9 Å². The van der Waals surface area contributed by atoms with Crippen molar-refractivity contribution in [3.8, 4) is 0 Å². The Labute approximate surface area is 116 Å². The number of tetrazole rings is 1. The number of aromatic amines is 1. The van der Waals surface area contributed by atoms with Crippen LogP contribution in [0.4, 0.5) is 8.78 Å². The molecule has 20 heavy (non-hydrogen) atoms. The Hall–Kier alpha value is -1.90. The second-order valence-corrected chi connectivity index (χ2v) is 5.61. The molecule has 2 aromatic rings. The minimum atomic E-state index is -2.55. The number of carbonyl (C=O) groups excluding carboxylic acids is 1. The molecule has 0 atom stereocenters. The van der Waals surface area contributed by atoms with Gasteiger partial charge in [-0.1, -0.05) is 5.21 Å². The smallest absolute Gasteiger partial charge is 0.272 e. The largest absolute Gasteiger partial charge is 0.327 e. The van der Waals surface area contributed by atoms with Crippen molar-refractivity contribution < 1.29 is 13.6 Å². The number of carbonyl (C=O) groups is 1. The summed E-state index contributed by atoms with van der Waals surface area (Å²) in [5.74, 6) is 0.157. The number of nitrogens with one attached hydrogen (secondary N) is 1. The predicted octanol–water partition coefficient (Wildman–Crippen LogP) is 2.00. The highest BCUT2D eigenvalue weighted by Gasteiger charge is 2.34. The summed E-state index contributed by atoms with van der Waals surface area (Å²) in [6.45, 7) is 0.238. The van der Waals surface area contributed by atoms with E-state index in [0.29, 0.717) is 10.7 Å². The summed E-state index contributed by atoms with van der Waals surface area (Å²) in [6, 6.07) is 2.88. The highest BCUT2D eigenvalue weighted by atomic mass is 32.1. The Morgan fingerprint density at radius 3 is 2.85 bits per heavy atom. The zero-order valence-corrected chi connectivity index (χ0v) is 11.1. The van der Waals surface area contributed by atoms with Crippen LogP contribution in [-0.2, 0) is 6.54 Å². The molecule has 0 aromatic carbocycles. The highest BCUT2D eigenvalue weighted by molar-refractivity contribution is 7.14. The summed E-state index contributed by atoms with van der Waals surface area (Å²) < 4.78 is 25.1. The molecule has 1 saturated carbocycles. The van der Waals surface area contributed by atoms with Crippen LogP contribution in [0.1, 0.15) is 39.6 Å². The van der Waals surface area contributed by atoms with E-state index in [0.717, 1.165) is 24.2 Å². The van der Waals surface area contributed by atoms with E-state index in [1.165, 1.54) is 12.1 Å². The molecule has 1 fully saturated rings. The van der Waals surface area contributed by atoms with Gasteiger partial charge in [-0.2, -0.15) is 5.21 Å². The zero-order valence-electron chi connectivity index (χ0n) is 10.3. The van der Waals surface area contributed by atoms with E-state index in [-0.39, 0.29) is 23.4 Å². The van der Waals surface area contributed by atoms with Gasteiger partial charge in [-0.25, -0.2) is 8.78 Å². The van der Waals surface area contributed by atoms with Gasteiger partial charge < -0.3 is 4.90 Å². The summed E-state index contributed by atoms with van der Waals surface area (Å²) in [6.07, 6.45) is -0.721. The predicted molar refractivity (Wildman–Crippen MR) is 66.3 cm³/mol. The van der Waals surface area contributed by atoms with Crippen LogP contribution < -0.4 is 0 Å². The van der Waals surface area contributed by atoms with Crippen LogP contribution in [0, 0.1) is 0 Å². The summed E-state index contributed by atoms with van der Waals surface area (Å²) >= 11 is 0.830. The molecule has 6 nitrogen and oxygen atoms in total. The lowest BCUT2D eigenvalue weighted by atomic mass is 10.3. The van der Waals surface area contributed by atoms with Gasteiger partial charge >= 0.3 is 0 Å². The number of thiophene rings is 1. The third-order valence-corrected chi connectivity index (χ3v) is 4.08. The Kier molecular flexibility index (Phi) is 3.43. The molecule has 0 unspecified atom stereocenters. The van der Waals surface area contributed by atoms with Crippen molar-refractivity contribution in [2.24, 2.45) is 0 Å². The lowest BCUT2D eigenvalue weighted by Crippen LogP contribution is -2.32. The molecule has 0 bridgehead atoms. The average Bonchev–Trinajstić information content (AvgIpc) is 2.95. The minimum Gasteiger partial charge on any atom is -0.327 e. The molecule has 1 amide bonds. The van der Waals surface area contributed by atoms with Gasteiger partial charge in [-0.3, -0.25) is 4.79 Å². The molecule has 9 heteroatoms. The molecule has 2 heterocycles. The van der Waals surface area contributed by atoms with Gasteiger partial charge in [-0.15, -0.1) is 21.5 Å². The highest BCUT2D eigenvalue weighted by Crippen LogP contribution is 2.32. The first-order chi connectivity index (χ1) is 9.65. The lowest BCUT2D eigenvalue weighted by molar-refractivity contribution is 0.0730. The third-order valence-electron chi connectivity index (χ3n) is 3.00. The molecule has 1 N–H and O–H groups in total. The van der Waals surface area contributed by atoms with Crippen LogP contribution in [0.2, 0.25) is 0 Å². The van der Waals surface area contributed by atoms with E-state index in [1.54, 1.807) is 4.90 Å². The number of rotatable bonds is 5. The van der Waals surface area contributed by atoms with Crippen molar-refractivity contribution in [2.75, 3.05) is 0 Å². The van der Waals surface area contributed by atoms with Crippen molar-refractivity contribution in [1.29, 1.82) is 0 Å². The number of hydrogen-bond acceptors (Lipinski definition) is 5. The maximum Gasteiger partial charge on any atom is 0.272 e. The van der Waals surface area contributed by atoms with Gasteiger partial charge in [-0.05, 0) is 25.0 Å². The van der Waals surface area contributed by atoms with E-state index in [2.05, 4.69) is 20.6 Å². The Balaban J connectivity index is 1.78. The minimum absolute atomic E-state index is 0.0938. The number of aromatic nitrogens is 4. The first kappa shape index (κ1) is 13.1. The van der Waals surface area contributed by atoms with Gasteiger partial charge in [0, 0.05) is 6.04 Å². The molecule has 3 rings (SSSR count). The quantitative estimate of drug-likeness (QED) is 0.916. The Morgan fingerprint density at radius 2 is 2.30 bits per heavy atom. The van der Waals surface area contributed by atoms with Gasteiger partial charge in [0.2, 0.25) is 0 Å². The van der Waals surface area contributed by atoms with Gasteiger partial charge in [0.15, 0.2) is 5.82 Å². The fourth-order valence-corrected chi connectivity index (χ4v) is 2.70. The standard InChI is InChI=1S/C11H11F2N5OS/c12-10(13)7-3-4-8(20-7)11(19)18(6-1-2-6)5-9-14-16-17-15-9/h3-4,6,10H,1-2,5H2,(H,14,15,16,17). The molecule has 1 aliphatic rings. The molecule has 2 aromatic heterocycles. The van der Waals surface area contributed by atoms with Crippen LogP contribution in [0.25, 0.3) is 0 Å². The number of halogens is 2. The van der Waals surface area contributed by atoms with Crippen molar-refractivity contribution in [3.05, 3.63) is 27.7 Å². The van der Waals surface area contributed by atoms with Crippen LogP contribution in [-0.4, -0.2) is 37.5 Å². The molecular weight excluding hydrogens is 288 g/mol. The van der Waals surface area contributed by atoms with Crippen LogP contribution in [0.5, 0.6) is 0 Å². The van der Waals surface area contributed by atoms with Crippen LogP contribution >= 0.6 is 11.3 Å². The second kappa shape index (κ2) is 5.23. The molecule has 106 valence electrons. The van der Waals surface area contributed by atoms with Crippen molar-refractivity contribution in [1.82, 2.24) is 25.5 Å². The number of H-pyrrole nitrogens is 1. The normalized spacial score (nSPS) is 14.8. The van der Waals surface area contributed by atoms with E-state index in [4.69, 9.17) is 0 Å². The van der Waals surface area contributed by atoms with Gasteiger partial charge in [0.1, 0.15) is 0 Å². The third kappa shape index (κ3) is 2.67. The Morgan fingerprint density at radius 1 is 1.50 bits per heavy atom. The summed E-state index contributed by atoms with van der Waals surface area (Å²) in [5.41, 5.74) is 0. The van der Waals surface area contributed by atoms with Gasteiger partial charge in [0.05, 0.1) is 16.3 Å². The average molecular weight is 299 g/mol. The van der Waals surface area contributed by atoms with E-state index in [9.17, 15) is 13.6 Å². The zero-order chi connectivity index (χ0) is 14.1. The van der Waals surface area contributed by atoms with E-state index in [1.807, 2.05) is 0 Å². The number of amides is 1. The van der Waals surface area contributed by atoms with Crippen LogP contribution in [0.3, 0.4) is 0 Å². The lowest BCUT2D eigenvalue weighted by Gasteiger charge is -2.19. The molecular formula is C11H11F2N5OS. The summed E-state index contributed by atoms with van der Waals surface area (Å²) in [7, 11) is 0. The van der Waals surface area contributed by atoms with E-state index < -0.39 is 6.43 Å². The van der Waals surface area contributed by atoms with Gasteiger partial charge in [0.25, 0.3) is 12.3 Å². The van der Waals surface area contributed by atoms with E-state index >= 15 is 0 Å². The fraction of sp³-hybridized carbons (Fsp3) is 0.455. The summed E-state index contributed by atoms with van der Waals surface area (Å²) in [5, 5.41) is 13.4. The van der Waals surface area contributed by atoms with Crippen molar-refractivity contribution >= 4 is 17.2 Å². The fourth-order valence-electron chi connectivity index (χ4n) is 1.88. The molecule has 0 saturated heterocycles. The first-order valence-corrected chi connectivity index (χ1v) is 6.88. The number of nitrogens with zero attached hydrogens (tertiary/aromatic N) is 4. The monoisotopic (exact) mass is 299 g/mol. The number of alkyl halides is 2. The molecule has 0 spiro atoms. The molecule has 0 radical (unpaired) electrons. The number of hydrogen-bond donors (Lipinski definition) is 1. The second-order valence-electron chi connectivity index (χ2n) is 4.49. The first-order valence-electron chi connectivity index (χ1n) is 6.06. The summed E-state index contributed by atoms with van der Waals surface area (Å²) in [4.78, 5) is 14.2. The van der Waals surface area contributed by atoms with Crippen LogP contribution in [0.15, 0.2) is 12.1 Å². The maximum absolute atomic E-state index is 12.6. The molecule has 1 aliphatic carbocycles. The topological polar surface area (TPSA) is 74.8 Å². The van der Waals surface area contributed by atoms with Crippen molar-refractivity contribution in [3.63, 3.8) is 0 Å². The molecule has 0 aliphatic heterocycles. The Bertz CT molecular complexity index is 596. The maximum atomic E-state index is 12.6. The SMILES string of the molecule is O=C(c1ccc(C(F)F)s1)N(Cc1nn[nH]n1)C1CC1.